The van der Waals surface area contributed by atoms with Crippen LogP contribution in [-0.4, -0.2) is 14.3 Å². The molecule has 0 unspecified atom stereocenters. The number of aromatic nitrogens is 3. The van der Waals surface area contributed by atoms with E-state index in [1.165, 1.54) is 11.3 Å². The Morgan fingerprint density at radius 1 is 1.25 bits per heavy atom. The molecule has 0 aliphatic carbocycles. The maximum atomic E-state index is 13.1. The molecule has 0 spiro atoms. The zero-order valence-electron chi connectivity index (χ0n) is 15.3. The summed E-state index contributed by atoms with van der Waals surface area (Å²) in [5, 5.41) is 11.9. The van der Waals surface area contributed by atoms with Crippen LogP contribution in [-0.2, 0) is 7.05 Å². The van der Waals surface area contributed by atoms with E-state index in [1.54, 1.807) is 29.2 Å². The molecule has 28 heavy (non-hydrogen) atoms. The molecule has 0 bridgehead atoms. The molecule has 3 heterocycles. The number of nitrogens with zero attached hydrogens (tertiary/aromatic N) is 4. The van der Waals surface area contributed by atoms with Gasteiger partial charge in [0.25, 0.3) is 5.56 Å². The van der Waals surface area contributed by atoms with E-state index in [9.17, 15) is 10.1 Å². The molecule has 7 heteroatoms. The van der Waals surface area contributed by atoms with E-state index >= 15 is 0 Å². The van der Waals surface area contributed by atoms with Crippen molar-refractivity contribution in [2.45, 2.75) is 6.92 Å². The van der Waals surface area contributed by atoms with Crippen LogP contribution < -0.4 is 5.56 Å². The number of allylic oxidation sites excluding steroid dienone is 1. The van der Waals surface area contributed by atoms with Gasteiger partial charge in [-0.05, 0) is 31.2 Å². The number of thiazole rings is 1. The van der Waals surface area contributed by atoms with Gasteiger partial charge in [-0.15, -0.1) is 11.3 Å². The molecular weight excluding hydrogens is 372 g/mol. The molecule has 4 rings (SSSR count). The Hall–Kier alpha value is -3.63. The molecule has 0 amide bonds. The van der Waals surface area contributed by atoms with Gasteiger partial charge in [-0.25, -0.2) is 9.67 Å². The largest absolute Gasteiger partial charge is 0.465 e. The lowest BCUT2D eigenvalue weighted by molar-refractivity contribution is 0.557. The van der Waals surface area contributed by atoms with Crippen LogP contribution in [0, 0.1) is 18.3 Å². The van der Waals surface area contributed by atoms with E-state index in [0.717, 1.165) is 11.4 Å². The van der Waals surface area contributed by atoms with Crippen molar-refractivity contribution in [2.24, 2.45) is 7.05 Å². The average Bonchev–Trinajstić information content (AvgIpc) is 3.43. The summed E-state index contributed by atoms with van der Waals surface area (Å²) in [7, 11) is 1.85. The van der Waals surface area contributed by atoms with Gasteiger partial charge in [-0.1, -0.05) is 18.2 Å². The van der Waals surface area contributed by atoms with E-state index in [1.807, 2.05) is 54.4 Å². The third-order valence-electron chi connectivity index (χ3n) is 4.50. The Kier molecular flexibility index (Phi) is 4.55. The Balaban J connectivity index is 1.80. The first kappa shape index (κ1) is 17.8. The van der Waals surface area contributed by atoms with E-state index in [4.69, 9.17) is 4.42 Å². The van der Waals surface area contributed by atoms with Gasteiger partial charge in [0.05, 0.1) is 28.8 Å². The van der Waals surface area contributed by atoms with Crippen molar-refractivity contribution in [2.75, 3.05) is 0 Å². The maximum Gasteiger partial charge on any atom is 0.281 e. The van der Waals surface area contributed by atoms with Gasteiger partial charge >= 0.3 is 0 Å². The van der Waals surface area contributed by atoms with Gasteiger partial charge < -0.3 is 4.42 Å². The highest BCUT2D eigenvalue weighted by Gasteiger charge is 2.20. The molecule has 6 nitrogen and oxygen atoms in total. The molecule has 138 valence electrons. The van der Waals surface area contributed by atoms with Gasteiger partial charge in [0, 0.05) is 24.2 Å². The minimum atomic E-state index is -0.142. The molecule has 3 aromatic heterocycles. The molecule has 0 saturated heterocycles. The van der Waals surface area contributed by atoms with Gasteiger partial charge in [-0.3, -0.25) is 9.48 Å². The fourth-order valence-electron chi connectivity index (χ4n) is 3.03. The Labute approximate surface area is 165 Å². The fourth-order valence-corrected chi connectivity index (χ4v) is 3.81. The number of benzene rings is 1. The lowest BCUT2D eigenvalue weighted by atomic mass is 10.2. The SMILES string of the molecule is Cc1c(-c2csc(C(C#N)=Cc3ccco3)n2)c(=O)n(-c2ccccc2)n1C. The summed E-state index contributed by atoms with van der Waals surface area (Å²) in [6.07, 6.45) is 3.19. The van der Waals surface area contributed by atoms with Crippen molar-refractivity contribution in [3.8, 4) is 23.0 Å². The number of para-hydroxylation sites is 1. The minimum absolute atomic E-state index is 0.142. The first-order valence-corrected chi connectivity index (χ1v) is 9.43. The van der Waals surface area contributed by atoms with Crippen molar-refractivity contribution >= 4 is 23.0 Å². The first-order valence-electron chi connectivity index (χ1n) is 8.55. The lowest BCUT2D eigenvalue weighted by Crippen LogP contribution is -2.20. The number of furan rings is 1. The van der Waals surface area contributed by atoms with Gasteiger partial charge in [-0.2, -0.15) is 5.26 Å². The highest BCUT2D eigenvalue weighted by Crippen LogP contribution is 2.28. The van der Waals surface area contributed by atoms with E-state index in [-0.39, 0.29) is 5.56 Å². The van der Waals surface area contributed by atoms with Gasteiger partial charge in [0.2, 0.25) is 0 Å². The third-order valence-corrected chi connectivity index (χ3v) is 5.37. The second-order valence-corrected chi connectivity index (χ2v) is 7.02. The van der Waals surface area contributed by atoms with Crippen LogP contribution >= 0.6 is 11.3 Å². The summed E-state index contributed by atoms with van der Waals surface area (Å²) in [5.74, 6) is 0.579. The predicted molar refractivity (Wildman–Crippen MR) is 109 cm³/mol. The number of hydrogen-bond acceptors (Lipinski definition) is 5. The molecule has 0 aliphatic heterocycles. The standard InChI is InChI=1S/C21H16N4O2S/c1-14-19(21(26)25(24(14)2)16-7-4-3-5-8-16)18-13-28-20(23-18)15(12-22)11-17-9-6-10-27-17/h3-11,13H,1-2H3. The number of nitriles is 1. The molecule has 0 saturated carbocycles. The molecular formula is C21H16N4O2S. The summed E-state index contributed by atoms with van der Waals surface area (Å²) in [4.78, 5) is 17.7. The molecule has 0 N–H and O–H groups in total. The highest BCUT2D eigenvalue weighted by atomic mass is 32.1. The lowest BCUT2D eigenvalue weighted by Gasteiger charge is -2.07. The van der Waals surface area contributed by atoms with Crippen molar-refractivity contribution in [3.05, 3.63) is 80.9 Å². The third kappa shape index (κ3) is 3.00. The van der Waals surface area contributed by atoms with Crippen LogP contribution in [0.5, 0.6) is 0 Å². The molecule has 0 fully saturated rings. The number of hydrogen-bond donors (Lipinski definition) is 0. The molecule has 4 aromatic rings. The van der Waals surface area contributed by atoms with E-state index in [2.05, 4.69) is 11.1 Å². The van der Waals surface area contributed by atoms with Crippen molar-refractivity contribution in [3.63, 3.8) is 0 Å². The van der Waals surface area contributed by atoms with Crippen molar-refractivity contribution in [1.82, 2.24) is 14.3 Å². The smallest absolute Gasteiger partial charge is 0.281 e. The Morgan fingerprint density at radius 2 is 2.04 bits per heavy atom. The first-order chi connectivity index (χ1) is 13.6. The normalized spacial score (nSPS) is 11.5. The van der Waals surface area contributed by atoms with Crippen LogP contribution in [0.4, 0.5) is 0 Å². The maximum absolute atomic E-state index is 13.1. The average molecular weight is 388 g/mol. The van der Waals surface area contributed by atoms with Crippen LogP contribution in [0.2, 0.25) is 0 Å². The van der Waals surface area contributed by atoms with E-state index < -0.39 is 0 Å². The summed E-state index contributed by atoms with van der Waals surface area (Å²) >= 11 is 1.33. The zero-order chi connectivity index (χ0) is 19.7. The van der Waals surface area contributed by atoms with Crippen LogP contribution in [0.3, 0.4) is 0 Å². The quantitative estimate of drug-likeness (QED) is 0.489. The summed E-state index contributed by atoms with van der Waals surface area (Å²) in [5.41, 5.74) is 2.94. The molecule has 1 aromatic carbocycles. The topological polar surface area (TPSA) is 76.8 Å². The second kappa shape index (κ2) is 7.18. The fraction of sp³-hybridized carbons (Fsp3) is 0.0952. The molecule has 0 aliphatic rings. The monoisotopic (exact) mass is 388 g/mol. The Bertz CT molecular complexity index is 1250. The van der Waals surface area contributed by atoms with Crippen LogP contribution in [0.1, 0.15) is 16.5 Å². The number of rotatable bonds is 4. The van der Waals surface area contributed by atoms with Gasteiger partial charge in [0.1, 0.15) is 16.8 Å². The van der Waals surface area contributed by atoms with Crippen LogP contribution in [0.25, 0.3) is 28.6 Å². The molecule has 0 radical (unpaired) electrons. The minimum Gasteiger partial charge on any atom is -0.465 e. The molecule has 0 atom stereocenters. The van der Waals surface area contributed by atoms with Gasteiger partial charge in [0.15, 0.2) is 0 Å². The van der Waals surface area contributed by atoms with Crippen LogP contribution in [0.15, 0.2) is 63.3 Å². The highest BCUT2D eigenvalue weighted by molar-refractivity contribution is 7.11. The van der Waals surface area contributed by atoms with Crippen molar-refractivity contribution in [1.29, 1.82) is 5.26 Å². The van der Waals surface area contributed by atoms with Crippen molar-refractivity contribution < 1.29 is 4.42 Å². The second-order valence-electron chi connectivity index (χ2n) is 6.16. The Morgan fingerprint density at radius 3 is 2.71 bits per heavy atom. The predicted octanol–water partition coefficient (Wildman–Crippen LogP) is 4.27. The van der Waals surface area contributed by atoms with E-state index in [0.29, 0.717) is 27.6 Å². The summed E-state index contributed by atoms with van der Waals surface area (Å²) in [6.45, 7) is 1.89. The zero-order valence-corrected chi connectivity index (χ0v) is 16.1. The summed E-state index contributed by atoms with van der Waals surface area (Å²) < 4.78 is 8.71. The summed E-state index contributed by atoms with van der Waals surface area (Å²) in [6, 6.07) is 15.1.